The third-order valence-electron chi connectivity index (χ3n) is 4.85. The lowest BCUT2D eigenvalue weighted by atomic mass is 9.99. The SMILES string of the molecule is CCC(C)C(COC(C(=O)NC(CC(C)C)C(=O)O)C(C)C)NC[C@H](N)CS. The molecule has 0 aliphatic heterocycles. The van der Waals surface area contributed by atoms with Crippen molar-refractivity contribution in [2.24, 2.45) is 23.5 Å². The number of thiol groups is 1. The number of carboxylic acid groups (broad SMARTS) is 1. The van der Waals surface area contributed by atoms with E-state index in [2.05, 4.69) is 37.1 Å². The van der Waals surface area contributed by atoms with Gasteiger partial charge < -0.3 is 26.2 Å². The van der Waals surface area contributed by atoms with Gasteiger partial charge in [0.1, 0.15) is 12.1 Å². The number of amides is 1. The van der Waals surface area contributed by atoms with E-state index in [0.29, 0.717) is 31.2 Å². The standard InChI is InChI=1S/C20H41N3O4S/c1-7-14(6)17(22-9-15(21)11-28)10-27-18(13(4)5)19(24)23-16(20(25)26)8-12(2)3/h12-18,22,28H,7-11,21H2,1-6H3,(H,23,24)(H,25,26)/t14?,15-,16?,17?,18?/m0/s1. The number of ether oxygens (including phenoxy) is 1. The second-order valence-electron chi connectivity index (χ2n) is 8.37. The summed E-state index contributed by atoms with van der Waals surface area (Å²) < 4.78 is 5.97. The highest BCUT2D eigenvalue weighted by Gasteiger charge is 2.29. The summed E-state index contributed by atoms with van der Waals surface area (Å²) in [7, 11) is 0. The van der Waals surface area contributed by atoms with Crippen LogP contribution in [0.5, 0.6) is 0 Å². The smallest absolute Gasteiger partial charge is 0.326 e. The second kappa shape index (κ2) is 14.2. The predicted octanol–water partition coefficient (Wildman–Crippen LogP) is 1.90. The van der Waals surface area contributed by atoms with Crippen LogP contribution in [0.15, 0.2) is 0 Å². The molecule has 1 amide bonds. The van der Waals surface area contributed by atoms with E-state index in [4.69, 9.17) is 10.5 Å². The van der Waals surface area contributed by atoms with E-state index >= 15 is 0 Å². The Morgan fingerprint density at radius 3 is 2.21 bits per heavy atom. The van der Waals surface area contributed by atoms with Crippen LogP contribution in [0.1, 0.15) is 54.4 Å². The van der Waals surface area contributed by atoms with Crippen molar-refractivity contribution in [3.63, 3.8) is 0 Å². The molecule has 0 aromatic heterocycles. The second-order valence-corrected chi connectivity index (χ2v) is 8.73. The van der Waals surface area contributed by atoms with Crippen molar-refractivity contribution >= 4 is 24.5 Å². The minimum atomic E-state index is -1.02. The Morgan fingerprint density at radius 2 is 1.79 bits per heavy atom. The first kappa shape index (κ1) is 27.2. The van der Waals surface area contributed by atoms with Crippen LogP contribution in [0, 0.1) is 17.8 Å². The lowest BCUT2D eigenvalue weighted by molar-refractivity contribution is -0.146. The van der Waals surface area contributed by atoms with Gasteiger partial charge in [-0.15, -0.1) is 0 Å². The number of rotatable bonds is 15. The Kier molecular flexibility index (Phi) is 13.8. The quantitative estimate of drug-likeness (QED) is 0.259. The zero-order valence-corrected chi connectivity index (χ0v) is 19.2. The molecule has 28 heavy (non-hydrogen) atoms. The van der Waals surface area contributed by atoms with Gasteiger partial charge in [0.2, 0.25) is 5.91 Å². The van der Waals surface area contributed by atoms with Crippen LogP contribution in [0.25, 0.3) is 0 Å². The maximum Gasteiger partial charge on any atom is 0.326 e. The van der Waals surface area contributed by atoms with Crippen molar-refractivity contribution in [1.29, 1.82) is 0 Å². The predicted molar refractivity (Wildman–Crippen MR) is 117 cm³/mol. The molecule has 0 heterocycles. The van der Waals surface area contributed by atoms with E-state index in [1.54, 1.807) is 0 Å². The highest BCUT2D eigenvalue weighted by molar-refractivity contribution is 7.80. The lowest BCUT2D eigenvalue weighted by Gasteiger charge is -2.29. The van der Waals surface area contributed by atoms with Gasteiger partial charge in [0.25, 0.3) is 0 Å². The van der Waals surface area contributed by atoms with E-state index in [9.17, 15) is 14.7 Å². The molecule has 0 fully saturated rings. The van der Waals surface area contributed by atoms with Crippen molar-refractivity contribution in [3.05, 3.63) is 0 Å². The van der Waals surface area contributed by atoms with E-state index < -0.39 is 18.1 Å². The molecule has 4 unspecified atom stereocenters. The largest absolute Gasteiger partial charge is 0.480 e. The molecule has 5 atom stereocenters. The molecule has 0 aliphatic carbocycles. The Labute approximate surface area is 175 Å². The molecule has 0 spiro atoms. The molecular formula is C20H41N3O4S. The lowest BCUT2D eigenvalue weighted by Crippen LogP contribution is -2.50. The third kappa shape index (κ3) is 10.6. The summed E-state index contributed by atoms with van der Waals surface area (Å²) in [4.78, 5) is 24.1. The molecule has 0 aromatic rings. The number of carbonyl (C=O) groups excluding carboxylic acids is 1. The van der Waals surface area contributed by atoms with Crippen LogP contribution in [0.3, 0.4) is 0 Å². The first-order valence-electron chi connectivity index (χ1n) is 10.3. The Bertz CT molecular complexity index is 463. The number of carbonyl (C=O) groups is 2. The maximum atomic E-state index is 12.7. The zero-order chi connectivity index (χ0) is 21.9. The van der Waals surface area contributed by atoms with Gasteiger partial charge in [-0.3, -0.25) is 4.79 Å². The minimum Gasteiger partial charge on any atom is -0.480 e. The molecule has 0 saturated heterocycles. The van der Waals surface area contributed by atoms with Crippen molar-refractivity contribution in [3.8, 4) is 0 Å². The summed E-state index contributed by atoms with van der Waals surface area (Å²) in [6.45, 7) is 12.8. The fraction of sp³-hybridized carbons (Fsp3) is 0.900. The molecule has 8 heteroatoms. The van der Waals surface area contributed by atoms with Crippen molar-refractivity contribution in [1.82, 2.24) is 10.6 Å². The molecule has 7 nitrogen and oxygen atoms in total. The van der Waals surface area contributed by atoms with Crippen molar-refractivity contribution in [2.45, 2.75) is 78.6 Å². The fourth-order valence-corrected chi connectivity index (χ4v) is 2.93. The maximum absolute atomic E-state index is 12.7. The summed E-state index contributed by atoms with van der Waals surface area (Å²) in [5, 5.41) is 15.4. The third-order valence-corrected chi connectivity index (χ3v) is 5.32. The van der Waals surface area contributed by atoms with Gasteiger partial charge in [-0.1, -0.05) is 48.0 Å². The number of nitrogens with two attached hydrogens (primary N) is 1. The van der Waals surface area contributed by atoms with Crippen LogP contribution < -0.4 is 16.4 Å². The van der Waals surface area contributed by atoms with E-state index in [0.717, 1.165) is 6.42 Å². The minimum absolute atomic E-state index is 0.0496. The summed E-state index contributed by atoms with van der Waals surface area (Å²) in [5.41, 5.74) is 5.94. The summed E-state index contributed by atoms with van der Waals surface area (Å²) >= 11 is 4.21. The van der Waals surface area contributed by atoms with Gasteiger partial charge in [-0.25, -0.2) is 4.79 Å². The molecule has 0 radical (unpaired) electrons. The van der Waals surface area contributed by atoms with Crippen LogP contribution in [-0.2, 0) is 14.3 Å². The summed E-state index contributed by atoms with van der Waals surface area (Å²) in [6, 6.07) is -0.906. The molecule has 0 aliphatic rings. The van der Waals surface area contributed by atoms with E-state index in [1.807, 2.05) is 27.7 Å². The van der Waals surface area contributed by atoms with Crippen molar-refractivity contribution < 1.29 is 19.4 Å². The highest BCUT2D eigenvalue weighted by Crippen LogP contribution is 2.14. The van der Waals surface area contributed by atoms with Gasteiger partial charge in [-0.05, 0) is 24.2 Å². The van der Waals surface area contributed by atoms with E-state index in [1.165, 1.54) is 0 Å². The number of aliphatic carboxylic acids is 1. The highest BCUT2D eigenvalue weighted by atomic mass is 32.1. The zero-order valence-electron chi connectivity index (χ0n) is 18.3. The van der Waals surface area contributed by atoms with Gasteiger partial charge >= 0.3 is 5.97 Å². The molecule has 5 N–H and O–H groups in total. The first-order valence-corrected chi connectivity index (χ1v) is 10.9. The normalized spacial score (nSPS) is 17.2. The van der Waals surface area contributed by atoms with E-state index in [-0.39, 0.29) is 29.8 Å². The van der Waals surface area contributed by atoms with Crippen LogP contribution >= 0.6 is 12.6 Å². The Balaban J connectivity index is 4.99. The summed E-state index contributed by atoms with van der Waals surface area (Å²) in [5.74, 6) is -0.386. The average Bonchev–Trinajstić information content (AvgIpc) is 2.61. The van der Waals surface area contributed by atoms with Gasteiger partial charge in [0.15, 0.2) is 0 Å². The number of carboxylic acids is 1. The fourth-order valence-electron chi connectivity index (χ4n) is 2.80. The van der Waals surface area contributed by atoms with Crippen molar-refractivity contribution in [2.75, 3.05) is 18.9 Å². The monoisotopic (exact) mass is 419 g/mol. The molecule has 0 rings (SSSR count). The van der Waals surface area contributed by atoms with Gasteiger partial charge in [-0.2, -0.15) is 12.6 Å². The van der Waals surface area contributed by atoms with Gasteiger partial charge in [0.05, 0.1) is 6.61 Å². The average molecular weight is 420 g/mol. The topological polar surface area (TPSA) is 114 Å². The molecule has 0 aromatic carbocycles. The number of nitrogens with one attached hydrogen (secondary N) is 2. The molecule has 0 bridgehead atoms. The van der Waals surface area contributed by atoms with Crippen LogP contribution in [0.4, 0.5) is 0 Å². The molecule has 166 valence electrons. The first-order chi connectivity index (χ1) is 13.0. The van der Waals surface area contributed by atoms with Gasteiger partial charge in [0, 0.05) is 24.4 Å². The Hall–Kier alpha value is -0.830. The van der Waals surface area contributed by atoms with Crippen LogP contribution in [-0.4, -0.2) is 60.1 Å². The molecule has 0 saturated carbocycles. The number of hydrogen-bond acceptors (Lipinski definition) is 6. The van der Waals surface area contributed by atoms with Crippen LogP contribution in [0.2, 0.25) is 0 Å². The Morgan fingerprint density at radius 1 is 1.18 bits per heavy atom. The number of hydrogen-bond donors (Lipinski definition) is 5. The molecular weight excluding hydrogens is 378 g/mol. The summed E-state index contributed by atoms with van der Waals surface area (Å²) in [6.07, 6.45) is 0.635.